The molecule has 0 aromatic heterocycles. The Kier molecular flexibility index (Phi) is 4.53. The van der Waals surface area contributed by atoms with Crippen LogP contribution >= 0.6 is 0 Å². The molecule has 1 saturated carbocycles. The molecule has 21 heavy (non-hydrogen) atoms. The topological polar surface area (TPSA) is 72.2 Å². The van der Waals surface area contributed by atoms with Gasteiger partial charge in [-0.3, -0.25) is 0 Å². The predicted molar refractivity (Wildman–Crippen MR) is 77.1 cm³/mol. The summed E-state index contributed by atoms with van der Waals surface area (Å²) in [5.74, 6) is -1.96. The van der Waals surface area contributed by atoms with Gasteiger partial charge in [0.15, 0.2) is 11.6 Å². The second-order valence-corrected chi connectivity index (χ2v) is 7.62. The second kappa shape index (κ2) is 5.88. The van der Waals surface area contributed by atoms with Crippen LogP contribution in [-0.4, -0.2) is 14.5 Å². The Balaban J connectivity index is 2.27. The summed E-state index contributed by atoms with van der Waals surface area (Å²) in [7, 11) is -4.13. The van der Waals surface area contributed by atoms with E-state index in [-0.39, 0.29) is 17.6 Å². The summed E-state index contributed by atoms with van der Waals surface area (Å²) in [4.78, 5) is -0.731. The highest BCUT2D eigenvalue weighted by Crippen LogP contribution is 2.30. The third-order valence-electron chi connectivity index (χ3n) is 4.04. The maximum atomic E-state index is 13.7. The molecule has 1 aliphatic carbocycles. The van der Waals surface area contributed by atoms with E-state index in [1.165, 1.54) is 0 Å². The van der Waals surface area contributed by atoms with Crippen molar-refractivity contribution in [1.29, 1.82) is 0 Å². The molecule has 3 unspecified atom stereocenters. The van der Waals surface area contributed by atoms with Crippen molar-refractivity contribution in [3.63, 3.8) is 0 Å². The van der Waals surface area contributed by atoms with E-state index in [1.807, 2.05) is 6.92 Å². The van der Waals surface area contributed by atoms with E-state index in [9.17, 15) is 17.2 Å². The maximum Gasteiger partial charge on any atom is 0.243 e. The molecular formula is C14H20F2N2O2S. The van der Waals surface area contributed by atoms with Gasteiger partial charge in [0.1, 0.15) is 4.90 Å². The zero-order chi connectivity index (χ0) is 15.8. The lowest BCUT2D eigenvalue weighted by Gasteiger charge is -2.32. The highest BCUT2D eigenvalue weighted by molar-refractivity contribution is 7.89. The van der Waals surface area contributed by atoms with Gasteiger partial charge in [-0.15, -0.1) is 0 Å². The van der Waals surface area contributed by atoms with E-state index in [2.05, 4.69) is 11.6 Å². The zero-order valence-electron chi connectivity index (χ0n) is 12.1. The van der Waals surface area contributed by atoms with E-state index < -0.39 is 26.6 Å². The number of nitrogen functional groups attached to an aromatic ring is 1. The van der Waals surface area contributed by atoms with Crippen molar-refractivity contribution < 1.29 is 17.2 Å². The largest absolute Gasteiger partial charge is 0.399 e. The van der Waals surface area contributed by atoms with Crippen molar-refractivity contribution in [3.05, 3.63) is 23.8 Å². The van der Waals surface area contributed by atoms with Gasteiger partial charge in [0.2, 0.25) is 10.0 Å². The predicted octanol–water partition coefficient (Wildman–Crippen LogP) is 2.65. The summed E-state index contributed by atoms with van der Waals surface area (Å²) >= 11 is 0. The first-order valence-corrected chi connectivity index (χ1v) is 8.46. The van der Waals surface area contributed by atoms with Crippen LogP contribution in [0.15, 0.2) is 17.0 Å². The molecular weight excluding hydrogens is 298 g/mol. The Labute approximate surface area is 123 Å². The molecule has 1 fully saturated rings. The molecule has 1 aliphatic rings. The quantitative estimate of drug-likeness (QED) is 0.842. The minimum absolute atomic E-state index is 0.125. The van der Waals surface area contributed by atoms with Crippen LogP contribution in [0.2, 0.25) is 0 Å². The zero-order valence-corrected chi connectivity index (χ0v) is 12.9. The Bertz CT molecular complexity index is 634. The number of hydrogen-bond donors (Lipinski definition) is 2. The van der Waals surface area contributed by atoms with Gasteiger partial charge in [0.05, 0.1) is 0 Å². The van der Waals surface area contributed by atoms with E-state index in [0.29, 0.717) is 12.3 Å². The number of rotatable bonds is 3. The van der Waals surface area contributed by atoms with E-state index in [1.54, 1.807) is 0 Å². The van der Waals surface area contributed by atoms with Crippen LogP contribution in [0.1, 0.15) is 33.1 Å². The van der Waals surface area contributed by atoms with Gasteiger partial charge in [-0.2, -0.15) is 0 Å². The normalized spacial score (nSPS) is 26.8. The molecule has 0 spiro atoms. The molecule has 0 saturated heterocycles. The van der Waals surface area contributed by atoms with E-state index >= 15 is 0 Å². The number of halogens is 2. The molecule has 7 heteroatoms. The second-order valence-electron chi connectivity index (χ2n) is 5.94. The molecule has 1 aromatic carbocycles. The Morgan fingerprint density at radius 1 is 1.24 bits per heavy atom. The van der Waals surface area contributed by atoms with Gasteiger partial charge in [-0.1, -0.05) is 13.8 Å². The molecule has 118 valence electrons. The van der Waals surface area contributed by atoms with Crippen LogP contribution in [0.4, 0.5) is 14.5 Å². The van der Waals surface area contributed by atoms with Crippen LogP contribution in [0, 0.1) is 23.5 Å². The first-order chi connectivity index (χ1) is 9.70. The molecule has 2 rings (SSSR count). The third-order valence-corrected chi connectivity index (χ3v) is 5.53. The molecule has 3 atom stereocenters. The van der Waals surface area contributed by atoms with Crippen molar-refractivity contribution in [2.45, 2.75) is 44.0 Å². The average Bonchev–Trinajstić information content (AvgIpc) is 2.37. The van der Waals surface area contributed by atoms with Crippen LogP contribution in [0.5, 0.6) is 0 Å². The molecule has 3 N–H and O–H groups in total. The smallest absolute Gasteiger partial charge is 0.243 e. The number of hydrogen-bond acceptors (Lipinski definition) is 3. The molecule has 0 aliphatic heterocycles. The fraction of sp³-hybridized carbons (Fsp3) is 0.571. The van der Waals surface area contributed by atoms with Crippen LogP contribution in [-0.2, 0) is 10.0 Å². The number of sulfonamides is 1. The molecule has 4 nitrogen and oxygen atoms in total. The van der Waals surface area contributed by atoms with Gasteiger partial charge in [0, 0.05) is 11.7 Å². The average molecular weight is 318 g/mol. The number of anilines is 1. The van der Waals surface area contributed by atoms with Gasteiger partial charge < -0.3 is 5.73 Å². The number of benzene rings is 1. The molecule has 1 aromatic rings. The van der Waals surface area contributed by atoms with Crippen molar-refractivity contribution >= 4 is 15.7 Å². The first kappa shape index (κ1) is 16.2. The lowest BCUT2D eigenvalue weighted by Crippen LogP contribution is -2.42. The minimum atomic E-state index is -4.13. The SMILES string of the molecule is CC1CCC(NS(=O)(=O)c2cc(N)cc(F)c2F)C(C)C1. The van der Waals surface area contributed by atoms with Gasteiger partial charge in [-0.25, -0.2) is 21.9 Å². The standard InChI is InChI=1S/C14H20F2N2O2S/c1-8-3-4-12(9(2)5-8)18-21(19,20)13-7-10(17)6-11(15)14(13)16/h6-9,12,18H,3-5,17H2,1-2H3. The Morgan fingerprint density at radius 3 is 2.52 bits per heavy atom. The molecule has 0 bridgehead atoms. The highest BCUT2D eigenvalue weighted by atomic mass is 32.2. The molecule has 0 heterocycles. The number of nitrogens with one attached hydrogen (secondary N) is 1. The fourth-order valence-corrected chi connectivity index (χ4v) is 4.38. The van der Waals surface area contributed by atoms with Crippen molar-refractivity contribution in [2.24, 2.45) is 11.8 Å². The van der Waals surface area contributed by atoms with Gasteiger partial charge >= 0.3 is 0 Å². The minimum Gasteiger partial charge on any atom is -0.399 e. The van der Waals surface area contributed by atoms with Crippen LogP contribution in [0.3, 0.4) is 0 Å². The Hall–Kier alpha value is -1.21. The molecule has 0 radical (unpaired) electrons. The Morgan fingerprint density at radius 2 is 1.90 bits per heavy atom. The maximum absolute atomic E-state index is 13.7. The van der Waals surface area contributed by atoms with Gasteiger partial charge in [0.25, 0.3) is 0 Å². The van der Waals surface area contributed by atoms with Gasteiger partial charge in [-0.05, 0) is 43.2 Å². The van der Waals surface area contributed by atoms with Crippen LogP contribution in [0.25, 0.3) is 0 Å². The van der Waals surface area contributed by atoms with Crippen molar-refractivity contribution in [2.75, 3.05) is 5.73 Å². The first-order valence-electron chi connectivity index (χ1n) is 6.97. The summed E-state index contributed by atoms with van der Waals surface area (Å²) in [6.45, 7) is 4.08. The van der Waals surface area contributed by atoms with Crippen molar-refractivity contribution in [1.82, 2.24) is 4.72 Å². The lowest BCUT2D eigenvalue weighted by molar-refractivity contribution is 0.249. The summed E-state index contributed by atoms with van der Waals surface area (Å²) in [6, 6.07) is 1.44. The molecule has 0 amide bonds. The summed E-state index contributed by atoms with van der Waals surface area (Å²) in [5.41, 5.74) is 5.28. The van der Waals surface area contributed by atoms with E-state index in [0.717, 1.165) is 25.0 Å². The summed E-state index contributed by atoms with van der Waals surface area (Å²) in [6.07, 6.45) is 2.50. The van der Waals surface area contributed by atoms with Crippen LogP contribution < -0.4 is 10.5 Å². The monoisotopic (exact) mass is 318 g/mol. The highest BCUT2D eigenvalue weighted by Gasteiger charge is 2.31. The summed E-state index contributed by atoms with van der Waals surface area (Å²) in [5, 5.41) is 0. The summed E-state index contributed by atoms with van der Waals surface area (Å²) < 4.78 is 54.1. The fourth-order valence-electron chi connectivity index (χ4n) is 2.88. The number of nitrogens with two attached hydrogens (primary N) is 1. The lowest BCUT2D eigenvalue weighted by atomic mass is 9.80. The van der Waals surface area contributed by atoms with E-state index in [4.69, 9.17) is 5.73 Å². The third kappa shape index (κ3) is 3.52. The van der Waals surface area contributed by atoms with Crippen molar-refractivity contribution in [3.8, 4) is 0 Å².